The predicted molar refractivity (Wildman–Crippen MR) is 109 cm³/mol. The van der Waals surface area contributed by atoms with Crippen LogP contribution in [0.2, 0.25) is 0 Å². The van der Waals surface area contributed by atoms with Crippen LogP contribution in [-0.2, 0) is 11.2 Å². The number of hydrogen-bond donors (Lipinski definition) is 3. The second kappa shape index (κ2) is 7.98. The summed E-state index contributed by atoms with van der Waals surface area (Å²) in [4.78, 5) is 10.8. The Hall–Kier alpha value is -3.68. The quantitative estimate of drug-likeness (QED) is 0.569. The molecule has 156 valence electrons. The first kappa shape index (κ1) is 19.6. The fourth-order valence-corrected chi connectivity index (χ4v) is 3.53. The molecule has 0 saturated carbocycles. The maximum absolute atomic E-state index is 10.8. The van der Waals surface area contributed by atoms with E-state index < -0.39 is 12.6 Å². The summed E-state index contributed by atoms with van der Waals surface area (Å²) in [5.41, 5.74) is 4.45. The van der Waals surface area contributed by atoms with Gasteiger partial charge < -0.3 is 24.4 Å². The van der Waals surface area contributed by atoms with Gasteiger partial charge in [-0.15, -0.1) is 0 Å². The highest BCUT2D eigenvalue weighted by molar-refractivity contribution is 5.86. The molecule has 8 heteroatoms. The van der Waals surface area contributed by atoms with Crippen molar-refractivity contribution >= 4 is 5.97 Å². The van der Waals surface area contributed by atoms with Crippen LogP contribution in [0.4, 0.5) is 0 Å². The van der Waals surface area contributed by atoms with Crippen LogP contribution in [0.5, 0.6) is 23.0 Å². The van der Waals surface area contributed by atoms with Crippen LogP contribution in [0, 0.1) is 6.92 Å². The zero-order valence-electron chi connectivity index (χ0n) is 16.7. The Morgan fingerprint density at radius 1 is 1.20 bits per heavy atom. The molecule has 0 fully saturated rings. The zero-order chi connectivity index (χ0) is 21.3. The lowest BCUT2D eigenvalue weighted by Gasteiger charge is -2.19. The van der Waals surface area contributed by atoms with Crippen molar-refractivity contribution in [1.82, 2.24) is 10.2 Å². The van der Waals surface area contributed by atoms with Gasteiger partial charge in [-0.2, -0.15) is 5.10 Å². The van der Waals surface area contributed by atoms with E-state index in [-0.39, 0.29) is 5.75 Å². The minimum Gasteiger partial charge on any atom is -0.507 e. The summed E-state index contributed by atoms with van der Waals surface area (Å²) in [5, 5.41) is 27.0. The summed E-state index contributed by atoms with van der Waals surface area (Å²) in [5.74, 6) is 0.585. The summed E-state index contributed by atoms with van der Waals surface area (Å²) in [6, 6.07) is 8.91. The molecule has 2 aromatic carbocycles. The van der Waals surface area contributed by atoms with Gasteiger partial charge in [0.25, 0.3) is 0 Å². The molecule has 0 amide bonds. The maximum Gasteiger partial charge on any atom is 0.341 e. The average molecular weight is 410 g/mol. The van der Waals surface area contributed by atoms with Crippen LogP contribution in [-0.4, -0.2) is 46.2 Å². The molecule has 0 spiro atoms. The Balaban J connectivity index is 1.78. The number of aromatic nitrogens is 2. The Bertz CT molecular complexity index is 1110. The number of aromatic amines is 1. The number of carbonyl (C=O) groups is 1. The van der Waals surface area contributed by atoms with E-state index in [2.05, 4.69) is 10.2 Å². The van der Waals surface area contributed by atoms with Crippen LogP contribution in [0.15, 0.2) is 30.3 Å². The number of fused-ring (bicyclic) bond motifs is 1. The Labute approximate surface area is 173 Å². The Kier molecular flexibility index (Phi) is 5.22. The highest BCUT2D eigenvalue weighted by Gasteiger charge is 2.21. The number of H-pyrrole nitrogens is 1. The van der Waals surface area contributed by atoms with Crippen LogP contribution in [0.25, 0.3) is 22.4 Å². The highest BCUT2D eigenvalue weighted by Crippen LogP contribution is 2.42. The maximum atomic E-state index is 10.8. The summed E-state index contributed by atoms with van der Waals surface area (Å²) >= 11 is 0. The molecule has 4 rings (SSSR count). The van der Waals surface area contributed by atoms with Gasteiger partial charge >= 0.3 is 5.97 Å². The highest BCUT2D eigenvalue weighted by atomic mass is 16.6. The molecule has 0 radical (unpaired) electrons. The third kappa shape index (κ3) is 3.63. The molecule has 3 aromatic rings. The fourth-order valence-electron chi connectivity index (χ4n) is 3.53. The predicted octanol–water partition coefficient (Wildman–Crippen LogP) is 3.55. The average Bonchev–Trinajstić information content (AvgIpc) is 3.13. The number of aryl methyl sites for hydroxylation is 2. The zero-order valence-corrected chi connectivity index (χ0v) is 16.7. The molecule has 0 unspecified atom stereocenters. The van der Waals surface area contributed by atoms with Gasteiger partial charge in [-0.05, 0) is 42.7 Å². The van der Waals surface area contributed by atoms with Crippen molar-refractivity contribution in [3.63, 3.8) is 0 Å². The summed E-state index contributed by atoms with van der Waals surface area (Å²) in [6.07, 6.45) is 0.602. The molecule has 0 saturated heterocycles. The van der Waals surface area contributed by atoms with E-state index in [1.165, 1.54) is 6.07 Å². The first-order valence-corrected chi connectivity index (χ1v) is 9.63. The van der Waals surface area contributed by atoms with Crippen molar-refractivity contribution in [2.75, 3.05) is 19.8 Å². The number of carboxylic acids is 1. The second-order valence-electron chi connectivity index (χ2n) is 6.94. The van der Waals surface area contributed by atoms with Gasteiger partial charge in [0.15, 0.2) is 18.1 Å². The molecule has 1 aliphatic rings. The van der Waals surface area contributed by atoms with E-state index in [0.29, 0.717) is 48.1 Å². The number of aliphatic carboxylic acids is 1. The first-order valence-electron chi connectivity index (χ1n) is 9.63. The van der Waals surface area contributed by atoms with E-state index in [9.17, 15) is 9.90 Å². The van der Waals surface area contributed by atoms with Crippen LogP contribution in [0.3, 0.4) is 0 Å². The van der Waals surface area contributed by atoms with Gasteiger partial charge in [0.2, 0.25) is 0 Å². The van der Waals surface area contributed by atoms with E-state index in [1.807, 2.05) is 32.0 Å². The monoisotopic (exact) mass is 410 g/mol. The largest absolute Gasteiger partial charge is 0.507 e. The number of carboxylic acid groups (broad SMARTS) is 1. The standard InChI is InChI=1S/C22H22N2O6/c1-3-13-8-15(16(25)10-18(13)30-11-20(26)27)22-21(12(2)23-24-22)14-4-5-17-19(9-14)29-7-6-28-17/h4-5,8-10,25H,3,6-7,11H2,1-2H3,(H,23,24)(H,26,27). The molecule has 0 atom stereocenters. The smallest absolute Gasteiger partial charge is 0.341 e. The third-order valence-electron chi connectivity index (χ3n) is 4.94. The van der Waals surface area contributed by atoms with Gasteiger partial charge in [-0.3, -0.25) is 5.10 Å². The number of aromatic hydroxyl groups is 1. The van der Waals surface area contributed by atoms with E-state index >= 15 is 0 Å². The SMILES string of the molecule is CCc1cc(-c2n[nH]c(C)c2-c2ccc3c(c2)OCCO3)c(O)cc1OCC(=O)O. The number of phenols is 1. The second-order valence-corrected chi connectivity index (χ2v) is 6.94. The lowest BCUT2D eigenvalue weighted by molar-refractivity contribution is -0.139. The lowest BCUT2D eigenvalue weighted by atomic mass is 9.96. The third-order valence-corrected chi connectivity index (χ3v) is 4.94. The van der Waals surface area contributed by atoms with Crippen molar-refractivity contribution in [2.45, 2.75) is 20.3 Å². The Morgan fingerprint density at radius 2 is 1.97 bits per heavy atom. The van der Waals surface area contributed by atoms with Crippen molar-refractivity contribution in [2.24, 2.45) is 0 Å². The number of nitrogens with one attached hydrogen (secondary N) is 1. The number of phenolic OH excluding ortho intramolecular Hbond substituents is 1. The molecule has 1 aliphatic heterocycles. The summed E-state index contributed by atoms with van der Waals surface area (Å²) < 4.78 is 16.6. The lowest BCUT2D eigenvalue weighted by Crippen LogP contribution is -2.15. The van der Waals surface area contributed by atoms with E-state index in [4.69, 9.17) is 19.3 Å². The summed E-state index contributed by atoms with van der Waals surface area (Å²) in [7, 11) is 0. The molecule has 0 bridgehead atoms. The molecule has 0 aliphatic carbocycles. The van der Waals surface area contributed by atoms with Gasteiger partial charge in [0, 0.05) is 22.9 Å². The minimum atomic E-state index is -1.08. The molecule has 8 nitrogen and oxygen atoms in total. The van der Waals surface area contributed by atoms with E-state index in [1.54, 1.807) is 6.07 Å². The van der Waals surface area contributed by atoms with Crippen molar-refractivity contribution in [3.8, 4) is 45.4 Å². The molecule has 30 heavy (non-hydrogen) atoms. The van der Waals surface area contributed by atoms with Crippen LogP contribution < -0.4 is 14.2 Å². The van der Waals surface area contributed by atoms with Gasteiger partial charge in [-0.1, -0.05) is 13.0 Å². The Morgan fingerprint density at radius 3 is 2.70 bits per heavy atom. The minimum absolute atomic E-state index is 0.0436. The summed E-state index contributed by atoms with van der Waals surface area (Å²) in [6.45, 7) is 4.38. The van der Waals surface area contributed by atoms with Gasteiger partial charge in [0.1, 0.15) is 30.4 Å². The van der Waals surface area contributed by atoms with Crippen LogP contribution in [0.1, 0.15) is 18.2 Å². The normalized spacial score (nSPS) is 12.6. The van der Waals surface area contributed by atoms with Crippen LogP contribution >= 0.6 is 0 Å². The first-order chi connectivity index (χ1) is 14.5. The molecule has 1 aromatic heterocycles. The number of ether oxygens (including phenoxy) is 3. The van der Waals surface area contributed by atoms with Crippen molar-refractivity contribution in [3.05, 3.63) is 41.6 Å². The number of hydrogen-bond acceptors (Lipinski definition) is 6. The fraction of sp³-hybridized carbons (Fsp3) is 0.273. The number of nitrogens with zero attached hydrogens (tertiary/aromatic N) is 1. The molecular weight excluding hydrogens is 388 g/mol. The van der Waals surface area contributed by atoms with Crippen molar-refractivity contribution < 1.29 is 29.2 Å². The molecular formula is C22H22N2O6. The number of rotatable bonds is 6. The van der Waals surface area contributed by atoms with Gasteiger partial charge in [-0.25, -0.2) is 4.79 Å². The molecule has 3 N–H and O–H groups in total. The topological polar surface area (TPSA) is 114 Å². The van der Waals surface area contributed by atoms with Crippen molar-refractivity contribution in [1.29, 1.82) is 0 Å². The molecule has 2 heterocycles. The van der Waals surface area contributed by atoms with Gasteiger partial charge in [0.05, 0.1) is 0 Å². The van der Waals surface area contributed by atoms with E-state index in [0.717, 1.165) is 22.4 Å². The number of benzene rings is 2.